The predicted octanol–water partition coefficient (Wildman–Crippen LogP) is 2.82. The molecule has 6 heteroatoms. The zero-order valence-electron chi connectivity index (χ0n) is 15.5. The summed E-state index contributed by atoms with van der Waals surface area (Å²) < 4.78 is 6.96. The van der Waals surface area contributed by atoms with Gasteiger partial charge in [-0.3, -0.25) is 9.69 Å². The van der Waals surface area contributed by atoms with Crippen LogP contribution in [0.5, 0.6) is 0 Å². The Morgan fingerprint density at radius 1 is 1.19 bits per heavy atom. The first-order valence-corrected chi connectivity index (χ1v) is 8.89. The van der Waals surface area contributed by atoms with Gasteiger partial charge in [-0.15, -0.1) is 0 Å². The molecule has 2 amide bonds. The van der Waals surface area contributed by atoms with Crippen LogP contribution in [-0.4, -0.2) is 53.1 Å². The van der Waals surface area contributed by atoms with Crippen molar-refractivity contribution in [2.24, 2.45) is 0 Å². The number of fused-ring (bicyclic) bond motifs is 1. The third-order valence-corrected chi connectivity index (χ3v) is 4.89. The van der Waals surface area contributed by atoms with Gasteiger partial charge in [-0.1, -0.05) is 29.8 Å². The van der Waals surface area contributed by atoms with Crippen LogP contribution in [0, 0.1) is 6.92 Å². The highest BCUT2D eigenvalue weighted by Crippen LogP contribution is 2.32. The standard InChI is InChI=1S/C20H25N3O3/c1-4-21(20(25)26-3)14-18(24)23-13-12-22-11-5-6-17(22)19(23)16-9-7-15(2)8-10-16/h5-11,19H,4,12-14H2,1-3H3/t19-/m0/s1. The largest absolute Gasteiger partial charge is 0.453 e. The number of carbonyl (C=O) groups is 2. The van der Waals surface area contributed by atoms with E-state index in [1.165, 1.54) is 17.6 Å². The van der Waals surface area contributed by atoms with Gasteiger partial charge in [0.25, 0.3) is 0 Å². The number of amides is 2. The van der Waals surface area contributed by atoms with Crippen LogP contribution in [0.25, 0.3) is 0 Å². The summed E-state index contributed by atoms with van der Waals surface area (Å²) in [7, 11) is 1.33. The molecule has 1 aromatic heterocycles. The summed E-state index contributed by atoms with van der Waals surface area (Å²) in [6.07, 6.45) is 1.57. The van der Waals surface area contributed by atoms with E-state index in [-0.39, 0.29) is 18.5 Å². The zero-order valence-corrected chi connectivity index (χ0v) is 15.5. The molecule has 0 saturated heterocycles. The number of aromatic nitrogens is 1. The fraction of sp³-hybridized carbons (Fsp3) is 0.400. The summed E-state index contributed by atoms with van der Waals surface area (Å²) >= 11 is 0. The molecule has 0 spiro atoms. The lowest BCUT2D eigenvalue weighted by Gasteiger charge is -2.38. The summed E-state index contributed by atoms with van der Waals surface area (Å²) in [5.74, 6) is -0.0738. The fourth-order valence-corrected chi connectivity index (χ4v) is 3.44. The number of hydrogen-bond donors (Lipinski definition) is 0. The molecular weight excluding hydrogens is 330 g/mol. The Morgan fingerprint density at radius 2 is 1.92 bits per heavy atom. The molecule has 1 aliphatic rings. The first-order valence-electron chi connectivity index (χ1n) is 8.89. The van der Waals surface area contributed by atoms with Crippen molar-refractivity contribution in [1.82, 2.24) is 14.4 Å². The van der Waals surface area contributed by atoms with Crippen LogP contribution < -0.4 is 0 Å². The Labute approximate surface area is 154 Å². The molecule has 1 aliphatic heterocycles. The minimum absolute atomic E-state index is 0.0201. The molecule has 0 bridgehead atoms. The number of benzene rings is 1. The average Bonchev–Trinajstić information content (AvgIpc) is 3.14. The monoisotopic (exact) mass is 355 g/mol. The molecule has 138 valence electrons. The normalized spacial score (nSPS) is 16.1. The van der Waals surface area contributed by atoms with E-state index in [0.29, 0.717) is 13.1 Å². The summed E-state index contributed by atoms with van der Waals surface area (Å²) in [6.45, 7) is 5.69. The molecular formula is C20H25N3O3. The zero-order chi connectivity index (χ0) is 18.7. The first kappa shape index (κ1) is 18.0. The Bertz CT molecular complexity index is 782. The van der Waals surface area contributed by atoms with E-state index in [0.717, 1.165) is 17.8 Å². The number of aryl methyl sites for hydroxylation is 1. The van der Waals surface area contributed by atoms with Gasteiger partial charge < -0.3 is 14.2 Å². The van der Waals surface area contributed by atoms with E-state index in [9.17, 15) is 9.59 Å². The third kappa shape index (κ3) is 3.45. The van der Waals surface area contributed by atoms with Gasteiger partial charge in [0.15, 0.2) is 0 Å². The molecule has 0 radical (unpaired) electrons. The number of hydrogen-bond acceptors (Lipinski definition) is 3. The second-order valence-electron chi connectivity index (χ2n) is 6.51. The van der Waals surface area contributed by atoms with Crippen LogP contribution >= 0.6 is 0 Å². The van der Waals surface area contributed by atoms with Crippen molar-refractivity contribution in [1.29, 1.82) is 0 Å². The summed E-state index contributed by atoms with van der Waals surface area (Å²) in [5, 5.41) is 0. The Morgan fingerprint density at radius 3 is 2.58 bits per heavy atom. The van der Waals surface area contributed by atoms with Gasteiger partial charge in [0.2, 0.25) is 5.91 Å². The highest BCUT2D eigenvalue weighted by molar-refractivity contribution is 5.83. The van der Waals surface area contributed by atoms with Crippen LogP contribution in [0.4, 0.5) is 4.79 Å². The Balaban J connectivity index is 1.90. The van der Waals surface area contributed by atoms with Crippen molar-refractivity contribution >= 4 is 12.0 Å². The van der Waals surface area contributed by atoms with E-state index >= 15 is 0 Å². The third-order valence-electron chi connectivity index (χ3n) is 4.89. The smallest absolute Gasteiger partial charge is 0.409 e. The van der Waals surface area contributed by atoms with Crippen molar-refractivity contribution in [3.05, 3.63) is 59.4 Å². The Kier molecular flexibility index (Phi) is 5.30. The molecule has 2 aromatic rings. The highest BCUT2D eigenvalue weighted by Gasteiger charge is 2.33. The lowest BCUT2D eigenvalue weighted by atomic mass is 9.98. The van der Waals surface area contributed by atoms with Crippen molar-refractivity contribution in [3.63, 3.8) is 0 Å². The molecule has 1 aromatic carbocycles. The van der Waals surface area contributed by atoms with Crippen LogP contribution in [0.2, 0.25) is 0 Å². The number of ether oxygens (including phenoxy) is 1. The maximum absolute atomic E-state index is 13.0. The van der Waals surface area contributed by atoms with Gasteiger partial charge in [-0.2, -0.15) is 0 Å². The minimum atomic E-state index is -0.479. The molecule has 26 heavy (non-hydrogen) atoms. The van der Waals surface area contributed by atoms with E-state index in [1.54, 1.807) is 0 Å². The van der Waals surface area contributed by atoms with Gasteiger partial charge in [-0.25, -0.2) is 4.79 Å². The van der Waals surface area contributed by atoms with Crippen LogP contribution in [0.1, 0.15) is 29.8 Å². The SMILES string of the molecule is CCN(CC(=O)N1CCn2cccc2[C@@H]1c1ccc(C)cc1)C(=O)OC. The average molecular weight is 355 g/mol. The van der Waals surface area contributed by atoms with E-state index in [2.05, 4.69) is 34.9 Å². The number of nitrogens with zero attached hydrogens (tertiary/aromatic N) is 3. The van der Waals surface area contributed by atoms with Gasteiger partial charge in [0, 0.05) is 31.5 Å². The highest BCUT2D eigenvalue weighted by atomic mass is 16.5. The van der Waals surface area contributed by atoms with Crippen LogP contribution in [-0.2, 0) is 16.1 Å². The van der Waals surface area contributed by atoms with Gasteiger partial charge in [-0.05, 0) is 31.5 Å². The van der Waals surface area contributed by atoms with Crippen molar-refractivity contribution in [2.45, 2.75) is 26.4 Å². The van der Waals surface area contributed by atoms with Crippen LogP contribution in [0.15, 0.2) is 42.6 Å². The molecule has 0 saturated carbocycles. The number of carbonyl (C=O) groups excluding carboxylic acids is 2. The van der Waals surface area contributed by atoms with Gasteiger partial charge >= 0.3 is 6.09 Å². The second kappa shape index (κ2) is 7.64. The van der Waals surface area contributed by atoms with E-state index in [1.807, 2.05) is 31.0 Å². The summed E-state index contributed by atoms with van der Waals surface area (Å²) in [5.41, 5.74) is 3.35. The molecule has 1 atom stereocenters. The number of likely N-dealkylation sites (N-methyl/N-ethyl adjacent to an activating group) is 1. The quantitative estimate of drug-likeness (QED) is 0.847. The maximum atomic E-state index is 13.0. The van der Waals surface area contributed by atoms with Gasteiger partial charge in [0.1, 0.15) is 6.54 Å². The molecule has 0 unspecified atom stereocenters. The van der Waals surface area contributed by atoms with Crippen molar-refractivity contribution in [2.75, 3.05) is 26.7 Å². The van der Waals surface area contributed by atoms with Crippen LogP contribution in [0.3, 0.4) is 0 Å². The van der Waals surface area contributed by atoms with Crippen molar-refractivity contribution in [3.8, 4) is 0 Å². The molecule has 0 fully saturated rings. The second-order valence-corrected chi connectivity index (χ2v) is 6.51. The number of methoxy groups -OCH3 is 1. The molecule has 2 heterocycles. The molecule has 0 N–H and O–H groups in total. The number of rotatable bonds is 4. The predicted molar refractivity (Wildman–Crippen MR) is 98.8 cm³/mol. The van der Waals surface area contributed by atoms with Crippen molar-refractivity contribution < 1.29 is 14.3 Å². The fourth-order valence-electron chi connectivity index (χ4n) is 3.44. The molecule has 6 nitrogen and oxygen atoms in total. The maximum Gasteiger partial charge on any atom is 0.409 e. The first-order chi connectivity index (χ1) is 12.5. The lowest BCUT2D eigenvalue weighted by molar-refractivity contribution is -0.134. The molecule has 3 rings (SSSR count). The van der Waals surface area contributed by atoms with E-state index < -0.39 is 6.09 Å². The summed E-state index contributed by atoms with van der Waals surface area (Å²) in [6, 6.07) is 12.2. The summed E-state index contributed by atoms with van der Waals surface area (Å²) in [4.78, 5) is 28.2. The van der Waals surface area contributed by atoms with Gasteiger partial charge in [0.05, 0.1) is 13.2 Å². The lowest BCUT2D eigenvalue weighted by Crippen LogP contribution is -2.47. The molecule has 0 aliphatic carbocycles. The topological polar surface area (TPSA) is 54.8 Å². The minimum Gasteiger partial charge on any atom is -0.453 e. The Hall–Kier alpha value is -2.76. The van der Waals surface area contributed by atoms with E-state index in [4.69, 9.17) is 4.74 Å².